The molecule has 0 fully saturated rings. The van der Waals surface area contributed by atoms with Crippen LogP contribution in [-0.4, -0.2) is 5.97 Å². The molecule has 0 N–H and O–H groups in total. The molecule has 1 heterocycles. The predicted octanol–water partition coefficient (Wildman–Crippen LogP) is 7.16. The maximum atomic E-state index is 14.1. The molecule has 0 saturated heterocycles. The van der Waals surface area contributed by atoms with Gasteiger partial charge in [-0.2, -0.15) is 13.2 Å². The van der Waals surface area contributed by atoms with E-state index in [0.29, 0.717) is 10.8 Å². The standard InChI is InChI=1S/C28H17F3O4/c1-16-9-11-18(12-10-16)27(33)34-19-13-14-22-23(15-19)35-26(28(29,30)31)24(25(22)32)21-8-4-6-17-5-2-3-7-20(17)21/h2-15H,1H3. The quantitative estimate of drug-likeness (QED) is 0.206. The van der Waals surface area contributed by atoms with Crippen molar-refractivity contribution in [3.8, 4) is 16.9 Å². The van der Waals surface area contributed by atoms with Gasteiger partial charge in [0.25, 0.3) is 0 Å². The van der Waals surface area contributed by atoms with E-state index in [0.717, 1.165) is 11.6 Å². The Bertz CT molecular complexity index is 1640. The monoisotopic (exact) mass is 474 g/mol. The first kappa shape index (κ1) is 22.4. The molecular weight excluding hydrogens is 457 g/mol. The zero-order valence-electron chi connectivity index (χ0n) is 18.3. The summed E-state index contributed by atoms with van der Waals surface area (Å²) in [6, 6.07) is 22.1. The van der Waals surface area contributed by atoms with Gasteiger partial charge in [0, 0.05) is 6.07 Å². The fraction of sp³-hybridized carbons (Fsp3) is 0.0714. The molecule has 0 spiro atoms. The average Bonchev–Trinajstić information content (AvgIpc) is 2.83. The van der Waals surface area contributed by atoms with E-state index in [4.69, 9.17) is 9.15 Å². The molecule has 0 aliphatic heterocycles. The third kappa shape index (κ3) is 4.17. The van der Waals surface area contributed by atoms with Gasteiger partial charge in [0.15, 0.2) is 0 Å². The van der Waals surface area contributed by atoms with E-state index in [9.17, 15) is 22.8 Å². The van der Waals surface area contributed by atoms with Crippen LogP contribution in [0.3, 0.4) is 0 Å². The van der Waals surface area contributed by atoms with Gasteiger partial charge in [0.1, 0.15) is 11.3 Å². The summed E-state index contributed by atoms with van der Waals surface area (Å²) in [4.78, 5) is 25.8. The van der Waals surface area contributed by atoms with E-state index >= 15 is 0 Å². The van der Waals surface area contributed by atoms with Crippen LogP contribution in [-0.2, 0) is 6.18 Å². The van der Waals surface area contributed by atoms with Gasteiger partial charge in [-0.25, -0.2) is 4.79 Å². The fourth-order valence-electron chi connectivity index (χ4n) is 3.98. The third-order valence-electron chi connectivity index (χ3n) is 5.68. The minimum Gasteiger partial charge on any atom is -0.450 e. The van der Waals surface area contributed by atoms with Crippen molar-refractivity contribution in [2.75, 3.05) is 0 Å². The van der Waals surface area contributed by atoms with Gasteiger partial charge < -0.3 is 9.15 Å². The Kier molecular flexibility index (Phi) is 5.40. The van der Waals surface area contributed by atoms with Gasteiger partial charge >= 0.3 is 12.1 Å². The van der Waals surface area contributed by atoms with Gasteiger partial charge in [0.05, 0.1) is 16.5 Å². The average molecular weight is 474 g/mol. The maximum absolute atomic E-state index is 14.1. The van der Waals surface area contributed by atoms with Crippen molar-refractivity contribution >= 4 is 27.7 Å². The molecule has 35 heavy (non-hydrogen) atoms. The number of aryl methyl sites for hydroxylation is 1. The Balaban J connectivity index is 1.66. The Morgan fingerprint density at radius 1 is 0.857 bits per heavy atom. The number of carbonyl (C=O) groups excluding carboxylic acids is 1. The summed E-state index contributed by atoms with van der Waals surface area (Å²) in [5.41, 5.74) is -0.367. The molecule has 174 valence electrons. The Morgan fingerprint density at radius 3 is 2.31 bits per heavy atom. The lowest BCUT2D eigenvalue weighted by Gasteiger charge is -2.14. The molecule has 5 rings (SSSR count). The molecule has 0 amide bonds. The largest absolute Gasteiger partial charge is 0.450 e. The number of ether oxygens (including phenoxy) is 1. The molecule has 0 saturated carbocycles. The lowest BCUT2D eigenvalue weighted by Crippen LogP contribution is -2.16. The van der Waals surface area contributed by atoms with Crippen LogP contribution in [0.25, 0.3) is 32.9 Å². The van der Waals surface area contributed by atoms with E-state index < -0.39 is 28.9 Å². The smallest absolute Gasteiger partial charge is 0.450 e. The molecule has 0 atom stereocenters. The highest BCUT2D eigenvalue weighted by Gasteiger charge is 2.39. The first-order valence-electron chi connectivity index (χ1n) is 10.7. The van der Waals surface area contributed by atoms with Gasteiger partial charge in [-0.15, -0.1) is 0 Å². The van der Waals surface area contributed by atoms with Crippen molar-refractivity contribution in [1.82, 2.24) is 0 Å². The molecule has 0 radical (unpaired) electrons. The number of alkyl halides is 3. The molecule has 7 heteroatoms. The van der Waals surface area contributed by atoms with Crippen LogP contribution in [0.5, 0.6) is 5.75 Å². The van der Waals surface area contributed by atoms with Crippen LogP contribution in [0.4, 0.5) is 13.2 Å². The van der Waals surface area contributed by atoms with E-state index in [1.807, 2.05) is 6.92 Å². The lowest BCUT2D eigenvalue weighted by molar-refractivity contribution is -0.152. The maximum Gasteiger partial charge on any atom is 0.450 e. The third-order valence-corrected chi connectivity index (χ3v) is 5.68. The predicted molar refractivity (Wildman–Crippen MR) is 127 cm³/mol. The second kappa shape index (κ2) is 8.43. The molecule has 0 aliphatic carbocycles. The lowest BCUT2D eigenvalue weighted by atomic mass is 9.96. The van der Waals surface area contributed by atoms with Crippen molar-refractivity contribution in [2.45, 2.75) is 13.1 Å². The van der Waals surface area contributed by atoms with Crippen molar-refractivity contribution in [1.29, 1.82) is 0 Å². The van der Waals surface area contributed by atoms with E-state index in [-0.39, 0.29) is 27.8 Å². The van der Waals surface area contributed by atoms with Gasteiger partial charge in [-0.3, -0.25) is 4.79 Å². The van der Waals surface area contributed by atoms with Crippen molar-refractivity contribution < 1.29 is 27.1 Å². The summed E-state index contributed by atoms with van der Waals surface area (Å²) in [6.07, 6.45) is -4.94. The van der Waals surface area contributed by atoms with E-state index in [1.165, 1.54) is 18.2 Å². The van der Waals surface area contributed by atoms with E-state index in [1.54, 1.807) is 60.7 Å². The Hall–Kier alpha value is -4.39. The number of carbonyl (C=O) groups is 1. The number of hydrogen-bond donors (Lipinski definition) is 0. The summed E-state index contributed by atoms with van der Waals surface area (Å²) in [7, 11) is 0. The highest BCUT2D eigenvalue weighted by atomic mass is 19.4. The van der Waals surface area contributed by atoms with Crippen molar-refractivity contribution in [3.63, 3.8) is 0 Å². The van der Waals surface area contributed by atoms with Crippen LogP contribution in [0, 0.1) is 6.92 Å². The molecular formula is C28H17F3O4. The van der Waals surface area contributed by atoms with Crippen molar-refractivity contribution in [2.24, 2.45) is 0 Å². The SMILES string of the molecule is Cc1ccc(C(=O)Oc2ccc3c(=O)c(-c4cccc5ccccc45)c(C(F)(F)F)oc3c2)cc1. The van der Waals surface area contributed by atoms with Crippen LogP contribution >= 0.6 is 0 Å². The second-order valence-corrected chi connectivity index (χ2v) is 8.07. The van der Waals surface area contributed by atoms with Crippen LogP contribution < -0.4 is 10.2 Å². The van der Waals surface area contributed by atoms with Crippen LogP contribution in [0.2, 0.25) is 0 Å². The highest BCUT2D eigenvalue weighted by Crippen LogP contribution is 2.39. The molecule has 0 bridgehead atoms. The molecule has 4 aromatic carbocycles. The highest BCUT2D eigenvalue weighted by molar-refractivity contribution is 5.99. The summed E-state index contributed by atoms with van der Waals surface area (Å²) in [6.45, 7) is 1.87. The zero-order chi connectivity index (χ0) is 24.7. The first-order chi connectivity index (χ1) is 16.7. The summed E-state index contributed by atoms with van der Waals surface area (Å²) in [5, 5.41) is 1.13. The minimum absolute atomic E-state index is 0.0442. The second-order valence-electron chi connectivity index (χ2n) is 8.07. The fourth-order valence-corrected chi connectivity index (χ4v) is 3.98. The number of fused-ring (bicyclic) bond motifs is 2. The topological polar surface area (TPSA) is 56.5 Å². The van der Waals surface area contributed by atoms with Crippen LogP contribution in [0.15, 0.2) is 94.1 Å². The molecule has 1 aromatic heterocycles. The normalized spacial score (nSPS) is 11.7. The molecule has 4 nitrogen and oxygen atoms in total. The Labute approximate surface area is 197 Å². The number of esters is 1. The number of halogens is 3. The summed E-state index contributed by atoms with van der Waals surface area (Å²) >= 11 is 0. The van der Waals surface area contributed by atoms with Gasteiger partial charge in [0.2, 0.25) is 11.2 Å². The molecule has 5 aromatic rings. The van der Waals surface area contributed by atoms with Crippen LogP contribution in [0.1, 0.15) is 21.7 Å². The number of rotatable bonds is 3. The van der Waals surface area contributed by atoms with Gasteiger partial charge in [-0.05, 0) is 47.5 Å². The molecule has 0 unspecified atom stereocenters. The zero-order valence-corrected chi connectivity index (χ0v) is 18.3. The van der Waals surface area contributed by atoms with Gasteiger partial charge in [-0.1, -0.05) is 60.2 Å². The van der Waals surface area contributed by atoms with E-state index in [2.05, 4.69) is 0 Å². The minimum atomic E-state index is -4.94. The number of benzene rings is 4. The van der Waals surface area contributed by atoms with Crippen molar-refractivity contribution in [3.05, 3.63) is 112 Å². The summed E-state index contributed by atoms with van der Waals surface area (Å²) < 4.78 is 52.8. The Morgan fingerprint density at radius 2 is 1.57 bits per heavy atom. The molecule has 0 aliphatic rings. The first-order valence-corrected chi connectivity index (χ1v) is 10.7. The summed E-state index contributed by atoms with van der Waals surface area (Å²) in [5.74, 6) is -2.14. The number of hydrogen-bond acceptors (Lipinski definition) is 4.